The van der Waals surface area contributed by atoms with Crippen LogP contribution >= 0.6 is 0 Å². The summed E-state index contributed by atoms with van der Waals surface area (Å²) in [5, 5.41) is 10.7. The molecule has 1 atom stereocenters. The van der Waals surface area contributed by atoms with Gasteiger partial charge in [0.1, 0.15) is 0 Å². The Labute approximate surface area is 183 Å². The first kappa shape index (κ1) is 21.7. The number of Topliss-reactive ketones (excluding diaryl/α,β-unsaturated/α-hetero) is 1. The molecule has 2 heterocycles. The molecule has 31 heavy (non-hydrogen) atoms. The fraction of sp³-hybridized carbons (Fsp3) is 0.583. The van der Waals surface area contributed by atoms with Crippen LogP contribution in [0.4, 0.5) is 0 Å². The van der Waals surface area contributed by atoms with Crippen LogP contribution in [0.5, 0.6) is 11.5 Å². The molecule has 1 saturated carbocycles. The van der Waals surface area contributed by atoms with Gasteiger partial charge in [-0.2, -0.15) is 0 Å². The van der Waals surface area contributed by atoms with Crippen molar-refractivity contribution in [1.82, 2.24) is 9.80 Å². The topological polar surface area (TPSA) is 79.3 Å². The largest absolute Gasteiger partial charge is 0.503 e. The number of amides is 1. The number of carbonyl (C=O) groups excluding carboxylic acids is 2. The molecule has 0 bridgehead atoms. The summed E-state index contributed by atoms with van der Waals surface area (Å²) in [5.74, 6) is 0.142. The molecule has 4 rings (SSSR count). The summed E-state index contributed by atoms with van der Waals surface area (Å²) in [6.07, 6.45) is 4.85. The molecule has 2 fully saturated rings. The molecule has 2 aliphatic heterocycles. The van der Waals surface area contributed by atoms with E-state index in [4.69, 9.17) is 9.47 Å². The Hall–Kier alpha value is -2.54. The number of rotatable bonds is 10. The first-order chi connectivity index (χ1) is 15.0. The van der Waals surface area contributed by atoms with Crippen molar-refractivity contribution >= 4 is 11.7 Å². The summed E-state index contributed by atoms with van der Waals surface area (Å²) in [7, 11) is 1.58. The molecular weight excluding hydrogens is 396 g/mol. The van der Waals surface area contributed by atoms with E-state index in [1.54, 1.807) is 12.0 Å². The standard InChI is InChI=1S/C24H32N2O5/c1-3-14-31-18-9-8-17(15-19(18)30-2)21-20(22(27)16-6-7-16)23(28)24(29)26(21)13-12-25-10-4-5-11-25/h8-9,15-16,21,28H,3-7,10-14H2,1-2H3. The molecular formula is C24H32N2O5. The second kappa shape index (κ2) is 9.30. The Balaban J connectivity index is 1.66. The Morgan fingerprint density at radius 3 is 2.55 bits per heavy atom. The normalized spacial score (nSPS) is 21.8. The average molecular weight is 429 g/mol. The molecule has 1 N–H and O–H groups in total. The lowest BCUT2D eigenvalue weighted by molar-refractivity contribution is -0.129. The number of carbonyl (C=O) groups is 2. The predicted octanol–water partition coefficient (Wildman–Crippen LogP) is 3.25. The molecule has 1 saturated heterocycles. The average Bonchev–Trinajstić information content (AvgIpc) is 3.45. The molecule has 1 unspecified atom stereocenters. The molecule has 0 aromatic heterocycles. The van der Waals surface area contributed by atoms with Crippen LogP contribution in [0.2, 0.25) is 0 Å². The van der Waals surface area contributed by atoms with Crippen LogP contribution in [0.1, 0.15) is 50.6 Å². The van der Waals surface area contributed by atoms with Crippen molar-refractivity contribution < 1.29 is 24.2 Å². The number of hydrogen-bond donors (Lipinski definition) is 1. The second-order valence-corrected chi connectivity index (χ2v) is 8.61. The van der Waals surface area contributed by atoms with Crippen molar-refractivity contribution in [3.05, 3.63) is 35.1 Å². The van der Waals surface area contributed by atoms with Gasteiger partial charge in [0.2, 0.25) is 0 Å². The fourth-order valence-electron chi connectivity index (χ4n) is 4.49. The molecule has 0 radical (unpaired) electrons. The Bertz CT molecular complexity index is 871. The Morgan fingerprint density at radius 1 is 1.16 bits per heavy atom. The number of benzene rings is 1. The van der Waals surface area contributed by atoms with E-state index in [0.717, 1.165) is 44.5 Å². The minimum Gasteiger partial charge on any atom is -0.503 e. The van der Waals surface area contributed by atoms with Crippen LogP contribution in [0.15, 0.2) is 29.5 Å². The molecule has 168 valence electrons. The lowest BCUT2D eigenvalue weighted by Gasteiger charge is -2.29. The number of methoxy groups -OCH3 is 1. The third kappa shape index (κ3) is 4.42. The zero-order valence-corrected chi connectivity index (χ0v) is 18.4. The lowest BCUT2D eigenvalue weighted by Crippen LogP contribution is -2.38. The molecule has 1 aromatic carbocycles. The van der Waals surface area contributed by atoms with Gasteiger partial charge in [0.05, 0.1) is 25.3 Å². The zero-order chi connectivity index (χ0) is 22.0. The Morgan fingerprint density at radius 2 is 1.90 bits per heavy atom. The summed E-state index contributed by atoms with van der Waals surface area (Å²) in [6, 6.07) is 4.91. The number of ketones is 1. The van der Waals surface area contributed by atoms with Gasteiger partial charge >= 0.3 is 0 Å². The van der Waals surface area contributed by atoms with Crippen LogP contribution in [-0.2, 0) is 9.59 Å². The van der Waals surface area contributed by atoms with Crippen molar-refractivity contribution in [2.24, 2.45) is 5.92 Å². The maximum Gasteiger partial charge on any atom is 0.290 e. The minimum atomic E-state index is -0.600. The second-order valence-electron chi connectivity index (χ2n) is 8.61. The van der Waals surface area contributed by atoms with Crippen LogP contribution in [0, 0.1) is 5.92 Å². The van der Waals surface area contributed by atoms with Gasteiger partial charge in [-0.25, -0.2) is 0 Å². The first-order valence-electron chi connectivity index (χ1n) is 11.4. The smallest absolute Gasteiger partial charge is 0.290 e. The van der Waals surface area contributed by atoms with Crippen LogP contribution in [0.25, 0.3) is 0 Å². The van der Waals surface area contributed by atoms with E-state index < -0.39 is 17.7 Å². The van der Waals surface area contributed by atoms with Crippen molar-refractivity contribution in [1.29, 1.82) is 0 Å². The summed E-state index contributed by atoms with van der Waals surface area (Å²) >= 11 is 0. The van der Waals surface area contributed by atoms with E-state index in [1.807, 2.05) is 25.1 Å². The van der Waals surface area contributed by atoms with Crippen molar-refractivity contribution in [2.45, 2.75) is 45.1 Å². The van der Waals surface area contributed by atoms with Crippen molar-refractivity contribution in [3.63, 3.8) is 0 Å². The van der Waals surface area contributed by atoms with Crippen LogP contribution < -0.4 is 9.47 Å². The molecule has 0 spiro atoms. The van der Waals surface area contributed by atoms with Gasteiger partial charge in [0.15, 0.2) is 23.0 Å². The number of aliphatic hydroxyl groups excluding tert-OH is 1. The van der Waals surface area contributed by atoms with E-state index in [-0.39, 0.29) is 17.3 Å². The molecule has 3 aliphatic rings. The van der Waals surface area contributed by atoms with Gasteiger partial charge in [0.25, 0.3) is 5.91 Å². The van der Waals surface area contributed by atoms with Crippen LogP contribution in [-0.4, -0.2) is 66.5 Å². The lowest BCUT2D eigenvalue weighted by atomic mass is 9.94. The highest BCUT2D eigenvalue weighted by Crippen LogP contribution is 2.44. The predicted molar refractivity (Wildman–Crippen MR) is 116 cm³/mol. The summed E-state index contributed by atoms with van der Waals surface area (Å²) in [5.41, 5.74) is 0.988. The van der Waals surface area contributed by atoms with E-state index in [2.05, 4.69) is 4.90 Å². The highest BCUT2D eigenvalue weighted by atomic mass is 16.5. The van der Waals surface area contributed by atoms with Crippen LogP contribution in [0.3, 0.4) is 0 Å². The van der Waals surface area contributed by atoms with Crippen molar-refractivity contribution in [2.75, 3.05) is 39.9 Å². The number of hydrogen-bond acceptors (Lipinski definition) is 6. The van der Waals surface area contributed by atoms with E-state index in [9.17, 15) is 14.7 Å². The van der Waals surface area contributed by atoms with E-state index >= 15 is 0 Å². The quantitative estimate of drug-likeness (QED) is 0.616. The summed E-state index contributed by atoms with van der Waals surface area (Å²) in [4.78, 5) is 30.0. The van der Waals surface area contributed by atoms with Gasteiger partial charge in [-0.05, 0) is 62.9 Å². The SMILES string of the molecule is CCCOc1ccc(C2C(C(=O)C3CC3)=C(O)C(=O)N2CCN2CCCC2)cc1OC. The number of aliphatic hydroxyl groups is 1. The summed E-state index contributed by atoms with van der Waals surface area (Å²) < 4.78 is 11.3. The molecule has 7 nitrogen and oxygen atoms in total. The molecule has 1 amide bonds. The maximum absolute atomic E-state index is 13.1. The van der Waals surface area contributed by atoms with E-state index in [1.165, 1.54) is 12.8 Å². The third-order valence-corrected chi connectivity index (χ3v) is 6.34. The third-order valence-electron chi connectivity index (χ3n) is 6.34. The number of likely N-dealkylation sites (tertiary alicyclic amines) is 1. The first-order valence-corrected chi connectivity index (χ1v) is 11.4. The highest BCUT2D eigenvalue weighted by molar-refractivity contribution is 6.10. The van der Waals surface area contributed by atoms with Gasteiger partial charge in [0, 0.05) is 19.0 Å². The monoisotopic (exact) mass is 428 g/mol. The minimum absolute atomic E-state index is 0.0833. The molecule has 7 heteroatoms. The Kier molecular flexibility index (Phi) is 6.51. The highest BCUT2D eigenvalue weighted by Gasteiger charge is 2.47. The van der Waals surface area contributed by atoms with Gasteiger partial charge < -0.3 is 24.4 Å². The van der Waals surface area contributed by atoms with Crippen molar-refractivity contribution in [3.8, 4) is 11.5 Å². The van der Waals surface area contributed by atoms with E-state index in [0.29, 0.717) is 24.7 Å². The van der Waals surface area contributed by atoms with Gasteiger partial charge in [-0.1, -0.05) is 13.0 Å². The van der Waals surface area contributed by atoms with Gasteiger partial charge in [-0.3, -0.25) is 9.59 Å². The maximum atomic E-state index is 13.1. The summed E-state index contributed by atoms with van der Waals surface area (Å²) in [6.45, 7) is 5.85. The number of ether oxygens (including phenoxy) is 2. The fourth-order valence-corrected chi connectivity index (χ4v) is 4.49. The zero-order valence-electron chi connectivity index (χ0n) is 18.4. The molecule has 1 aromatic rings. The number of nitrogens with zero attached hydrogens (tertiary/aromatic N) is 2. The molecule has 1 aliphatic carbocycles. The van der Waals surface area contributed by atoms with Gasteiger partial charge in [-0.15, -0.1) is 0 Å².